The Hall–Kier alpha value is -3.99. The highest BCUT2D eigenvalue weighted by Crippen LogP contribution is 2.36. The molecule has 0 aliphatic carbocycles. The van der Waals surface area contributed by atoms with Gasteiger partial charge in [0.05, 0.1) is 34.6 Å². The Bertz CT molecular complexity index is 1510. The van der Waals surface area contributed by atoms with Crippen LogP contribution in [0.4, 0.5) is 5.88 Å². The van der Waals surface area contributed by atoms with Gasteiger partial charge in [0.25, 0.3) is 5.56 Å². The zero-order valence-electron chi connectivity index (χ0n) is 19.5. The van der Waals surface area contributed by atoms with Gasteiger partial charge in [0.1, 0.15) is 22.5 Å². The Balaban J connectivity index is 1.96. The molecule has 0 saturated heterocycles. The number of nitrogens with zero attached hydrogens (tertiary/aromatic N) is 3. The maximum Gasteiger partial charge on any atom is 0.433 e. The molecule has 0 saturated carbocycles. The lowest BCUT2D eigenvalue weighted by Crippen LogP contribution is -2.40. The molecule has 4 rings (SSSR count). The maximum absolute atomic E-state index is 13.6. The van der Waals surface area contributed by atoms with E-state index < -0.39 is 28.4 Å². The predicted octanol–water partition coefficient (Wildman–Crippen LogP) is 3.09. The number of ether oxygens (including phenoxy) is 2. The summed E-state index contributed by atoms with van der Waals surface area (Å²) in [5.41, 5.74) is 0.847. The van der Waals surface area contributed by atoms with Gasteiger partial charge in [-0.25, -0.2) is 9.79 Å². The summed E-state index contributed by atoms with van der Waals surface area (Å²) in [5.74, 6) is -0.320. The van der Waals surface area contributed by atoms with Gasteiger partial charge < -0.3 is 13.9 Å². The van der Waals surface area contributed by atoms with Crippen molar-refractivity contribution in [2.45, 2.75) is 39.8 Å². The minimum absolute atomic E-state index is 0.141. The molecule has 10 nitrogen and oxygen atoms in total. The van der Waals surface area contributed by atoms with E-state index in [1.807, 2.05) is 19.9 Å². The summed E-state index contributed by atoms with van der Waals surface area (Å²) in [5, 5.41) is 10.9. The molecule has 0 radical (unpaired) electrons. The minimum Gasteiger partial charge on any atom is -0.491 e. The number of carbonyl (C=O) groups is 1. The summed E-state index contributed by atoms with van der Waals surface area (Å²) >= 11 is 1.09. The van der Waals surface area contributed by atoms with Crippen LogP contribution in [-0.4, -0.2) is 28.2 Å². The van der Waals surface area contributed by atoms with Gasteiger partial charge in [0.2, 0.25) is 0 Å². The topological polar surface area (TPSA) is 126 Å². The van der Waals surface area contributed by atoms with E-state index in [0.29, 0.717) is 21.8 Å². The Morgan fingerprint density at radius 3 is 2.71 bits per heavy atom. The van der Waals surface area contributed by atoms with Crippen LogP contribution >= 0.6 is 11.3 Å². The Morgan fingerprint density at radius 1 is 1.31 bits per heavy atom. The molecule has 1 aromatic carbocycles. The summed E-state index contributed by atoms with van der Waals surface area (Å²) in [4.78, 5) is 41.8. The van der Waals surface area contributed by atoms with Gasteiger partial charge in [0.15, 0.2) is 4.80 Å². The molecule has 1 aliphatic rings. The first kappa shape index (κ1) is 24.1. The maximum atomic E-state index is 13.6. The second kappa shape index (κ2) is 9.71. The molecule has 0 fully saturated rings. The van der Waals surface area contributed by atoms with Crippen molar-refractivity contribution >= 4 is 29.3 Å². The fraction of sp³-hybridized carbons (Fsp3) is 0.292. The third-order valence-electron chi connectivity index (χ3n) is 5.16. The molecule has 0 spiro atoms. The highest BCUT2D eigenvalue weighted by molar-refractivity contribution is 7.07. The fourth-order valence-electron chi connectivity index (χ4n) is 3.80. The van der Waals surface area contributed by atoms with Crippen molar-refractivity contribution in [2.24, 2.45) is 4.99 Å². The molecule has 11 heteroatoms. The Morgan fingerprint density at radius 2 is 2.06 bits per heavy atom. The highest BCUT2D eigenvalue weighted by atomic mass is 32.1. The van der Waals surface area contributed by atoms with Crippen molar-refractivity contribution in [3.05, 3.63) is 88.8 Å². The lowest BCUT2D eigenvalue weighted by atomic mass is 9.95. The number of para-hydroxylation sites is 1. The Kier molecular flexibility index (Phi) is 6.70. The molecule has 1 aliphatic heterocycles. The molecule has 3 heterocycles. The molecule has 0 unspecified atom stereocenters. The molecule has 35 heavy (non-hydrogen) atoms. The largest absolute Gasteiger partial charge is 0.491 e. The van der Waals surface area contributed by atoms with Gasteiger partial charge in [-0.15, -0.1) is 0 Å². The standard InChI is InChI=1S/C24H23N3O7S/c1-5-32-23(29)20-14(4)25-24-26(21(20)16-8-6-7-9-17(16)33-13(2)3)22(28)18(35-24)12-15-10-11-19(34-15)27(30)31/h6-13,21H,5H2,1-4H3/b18-12-/t21-/m0/s1. The van der Waals surface area contributed by atoms with Crippen molar-refractivity contribution in [3.63, 3.8) is 0 Å². The number of allylic oxidation sites excluding steroid dienone is 1. The summed E-state index contributed by atoms with van der Waals surface area (Å²) in [6, 6.07) is 8.99. The van der Waals surface area contributed by atoms with Crippen molar-refractivity contribution in [1.29, 1.82) is 0 Å². The normalized spacial score (nSPS) is 15.7. The van der Waals surface area contributed by atoms with E-state index in [2.05, 4.69) is 4.99 Å². The van der Waals surface area contributed by atoms with Crippen molar-refractivity contribution in [1.82, 2.24) is 4.57 Å². The smallest absolute Gasteiger partial charge is 0.433 e. The van der Waals surface area contributed by atoms with E-state index in [4.69, 9.17) is 13.9 Å². The SMILES string of the molecule is CCOC(=O)C1=C(C)N=c2s/c(=C\c3ccc([N+](=O)[O-])o3)c(=O)n2[C@H]1c1ccccc1OC(C)C. The van der Waals surface area contributed by atoms with E-state index >= 15 is 0 Å². The zero-order chi connectivity index (χ0) is 25.3. The molecular weight excluding hydrogens is 474 g/mol. The third-order valence-corrected chi connectivity index (χ3v) is 6.14. The van der Waals surface area contributed by atoms with Crippen LogP contribution in [0.2, 0.25) is 0 Å². The fourth-order valence-corrected chi connectivity index (χ4v) is 4.83. The van der Waals surface area contributed by atoms with Crippen LogP contribution in [0.25, 0.3) is 6.08 Å². The number of furan rings is 1. The van der Waals surface area contributed by atoms with Crippen LogP contribution in [-0.2, 0) is 9.53 Å². The quantitative estimate of drug-likeness (QED) is 0.279. The highest BCUT2D eigenvalue weighted by Gasteiger charge is 2.35. The minimum atomic E-state index is -0.840. The Labute approximate surface area is 203 Å². The van der Waals surface area contributed by atoms with Crippen molar-refractivity contribution in [2.75, 3.05) is 6.61 Å². The van der Waals surface area contributed by atoms with Crippen LogP contribution < -0.4 is 19.6 Å². The summed E-state index contributed by atoms with van der Waals surface area (Å²) in [7, 11) is 0. The van der Waals surface area contributed by atoms with Crippen LogP contribution in [0, 0.1) is 10.1 Å². The van der Waals surface area contributed by atoms with Crippen molar-refractivity contribution in [3.8, 4) is 5.75 Å². The number of nitro groups is 1. The number of aromatic nitrogens is 1. The number of fused-ring (bicyclic) bond motifs is 1. The van der Waals surface area contributed by atoms with Gasteiger partial charge >= 0.3 is 11.9 Å². The van der Waals surface area contributed by atoms with E-state index in [9.17, 15) is 19.7 Å². The number of esters is 1. The molecule has 1 atom stereocenters. The van der Waals surface area contributed by atoms with Crippen LogP contribution in [0.15, 0.2) is 61.9 Å². The summed E-state index contributed by atoms with van der Waals surface area (Å²) < 4.78 is 18.2. The van der Waals surface area contributed by atoms with Crippen LogP contribution in [0.5, 0.6) is 5.75 Å². The number of rotatable bonds is 7. The monoisotopic (exact) mass is 497 g/mol. The third kappa shape index (κ3) is 4.67. The molecular formula is C24H23N3O7S. The first-order chi connectivity index (χ1) is 16.7. The average Bonchev–Trinajstić information content (AvgIpc) is 3.38. The molecule has 0 amide bonds. The van der Waals surface area contributed by atoms with Gasteiger partial charge in [-0.05, 0) is 39.8 Å². The molecule has 0 bridgehead atoms. The van der Waals surface area contributed by atoms with Crippen LogP contribution in [0.3, 0.4) is 0 Å². The predicted molar refractivity (Wildman–Crippen MR) is 128 cm³/mol. The van der Waals surface area contributed by atoms with E-state index in [-0.39, 0.29) is 28.6 Å². The van der Waals surface area contributed by atoms with E-state index in [1.165, 1.54) is 22.8 Å². The number of hydrogen-bond acceptors (Lipinski definition) is 9. The molecule has 2 aromatic heterocycles. The van der Waals surface area contributed by atoms with Gasteiger partial charge in [-0.3, -0.25) is 19.5 Å². The average molecular weight is 498 g/mol. The number of hydrogen-bond donors (Lipinski definition) is 0. The zero-order valence-corrected chi connectivity index (χ0v) is 20.3. The van der Waals surface area contributed by atoms with Gasteiger partial charge in [0, 0.05) is 11.6 Å². The van der Waals surface area contributed by atoms with Gasteiger partial charge in [-0.1, -0.05) is 29.5 Å². The first-order valence-corrected chi connectivity index (χ1v) is 11.7. The summed E-state index contributed by atoms with van der Waals surface area (Å²) in [6.07, 6.45) is 1.28. The lowest BCUT2D eigenvalue weighted by Gasteiger charge is -2.26. The number of carbonyl (C=O) groups excluding carboxylic acids is 1. The number of thiazole rings is 1. The number of benzene rings is 1. The lowest BCUT2D eigenvalue weighted by molar-refractivity contribution is -0.402. The van der Waals surface area contributed by atoms with Gasteiger partial charge in [-0.2, -0.15) is 0 Å². The van der Waals surface area contributed by atoms with Crippen molar-refractivity contribution < 1.29 is 23.6 Å². The molecule has 3 aromatic rings. The summed E-state index contributed by atoms with van der Waals surface area (Å²) in [6.45, 7) is 7.33. The van der Waals surface area contributed by atoms with Crippen LogP contribution in [0.1, 0.15) is 45.1 Å². The molecule has 182 valence electrons. The molecule has 0 N–H and O–H groups in total. The van der Waals surface area contributed by atoms with E-state index in [1.54, 1.807) is 32.0 Å². The first-order valence-electron chi connectivity index (χ1n) is 10.9. The second-order valence-electron chi connectivity index (χ2n) is 7.94. The second-order valence-corrected chi connectivity index (χ2v) is 8.95. The van der Waals surface area contributed by atoms with E-state index in [0.717, 1.165) is 11.3 Å².